The number of pyridine rings is 1. The van der Waals surface area contributed by atoms with E-state index in [4.69, 9.17) is 0 Å². The van der Waals surface area contributed by atoms with E-state index in [2.05, 4.69) is 10.3 Å². The van der Waals surface area contributed by atoms with Crippen molar-refractivity contribution in [3.63, 3.8) is 0 Å². The molecular weight excluding hydrogens is 218 g/mol. The maximum Gasteiger partial charge on any atom is 0.260 e. The Kier molecular flexibility index (Phi) is 3.58. The van der Waals surface area contributed by atoms with E-state index in [9.17, 15) is 9.59 Å². The van der Waals surface area contributed by atoms with Crippen molar-refractivity contribution in [3.05, 3.63) is 34.2 Å². The van der Waals surface area contributed by atoms with Crippen molar-refractivity contribution in [2.24, 2.45) is 0 Å². The number of rotatable bonds is 3. The van der Waals surface area contributed by atoms with Gasteiger partial charge in [-0.1, -0.05) is 0 Å². The molecular formula is C12H17N3O2. The Morgan fingerprint density at radius 1 is 1.65 bits per heavy atom. The fraction of sp³-hybridized carbons (Fsp3) is 0.500. The number of nitrogens with zero attached hydrogens (tertiary/aromatic N) is 1. The summed E-state index contributed by atoms with van der Waals surface area (Å²) in [6, 6.07) is 3.46. The summed E-state index contributed by atoms with van der Waals surface area (Å²) in [6.45, 7) is 1.51. The van der Waals surface area contributed by atoms with Crippen molar-refractivity contribution in [1.29, 1.82) is 0 Å². The van der Waals surface area contributed by atoms with Gasteiger partial charge in [-0.25, -0.2) is 0 Å². The molecule has 0 aliphatic carbocycles. The van der Waals surface area contributed by atoms with Crippen LogP contribution in [0, 0.1) is 0 Å². The zero-order chi connectivity index (χ0) is 12.3. The van der Waals surface area contributed by atoms with Crippen LogP contribution in [-0.4, -0.2) is 42.0 Å². The molecule has 5 nitrogen and oxygen atoms in total. The fourth-order valence-electron chi connectivity index (χ4n) is 2.30. The number of hydrogen-bond acceptors (Lipinski definition) is 3. The lowest BCUT2D eigenvalue weighted by Crippen LogP contribution is -2.42. The standard InChI is InChI=1S/C12H17N3O2/c1-13-8-9-4-3-7-15(9)12(17)10-5-2-6-14-11(10)16/h2,5-6,9,13H,3-4,7-8H2,1H3,(H,14,16). The van der Waals surface area contributed by atoms with Gasteiger partial charge in [0.05, 0.1) is 0 Å². The Labute approximate surface area is 99.8 Å². The second-order valence-electron chi connectivity index (χ2n) is 4.27. The van der Waals surface area contributed by atoms with Crippen molar-refractivity contribution in [2.45, 2.75) is 18.9 Å². The topological polar surface area (TPSA) is 65.2 Å². The molecule has 1 unspecified atom stereocenters. The van der Waals surface area contributed by atoms with Crippen molar-refractivity contribution in [1.82, 2.24) is 15.2 Å². The van der Waals surface area contributed by atoms with E-state index in [-0.39, 0.29) is 23.1 Å². The van der Waals surface area contributed by atoms with E-state index in [0.717, 1.165) is 25.9 Å². The Bertz CT molecular complexity index is 455. The van der Waals surface area contributed by atoms with Crippen molar-refractivity contribution in [2.75, 3.05) is 20.1 Å². The van der Waals surface area contributed by atoms with Gasteiger partial charge in [0.25, 0.3) is 11.5 Å². The third-order valence-corrected chi connectivity index (χ3v) is 3.13. The number of likely N-dealkylation sites (N-methyl/N-ethyl adjacent to an activating group) is 1. The lowest BCUT2D eigenvalue weighted by Gasteiger charge is -2.24. The van der Waals surface area contributed by atoms with Gasteiger partial charge in [-0.05, 0) is 32.0 Å². The van der Waals surface area contributed by atoms with E-state index in [1.807, 2.05) is 7.05 Å². The molecule has 2 heterocycles. The Morgan fingerprint density at radius 2 is 2.47 bits per heavy atom. The van der Waals surface area contributed by atoms with Crippen LogP contribution in [0.4, 0.5) is 0 Å². The summed E-state index contributed by atoms with van der Waals surface area (Å²) in [7, 11) is 1.87. The second-order valence-corrected chi connectivity index (χ2v) is 4.27. The molecule has 0 aromatic carbocycles. The number of likely N-dealkylation sites (tertiary alicyclic amines) is 1. The minimum atomic E-state index is -0.312. The molecule has 1 saturated heterocycles. The molecule has 5 heteroatoms. The Hall–Kier alpha value is -1.62. The summed E-state index contributed by atoms with van der Waals surface area (Å²) in [5.41, 5.74) is -0.0805. The first-order chi connectivity index (χ1) is 8.24. The molecule has 17 heavy (non-hydrogen) atoms. The number of aromatic nitrogens is 1. The molecule has 1 aliphatic rings. The highest BCUT2D eigenvalue weighted by Crippen LogP contribution is 2.18. The zero-order valence-electron chi connectivity index (χ0n) is 9.90. The SMILES string of the molecule is CNCC1CCCN1C(=O)c1ccc[nH]c1=O. The van der Waals surface area contributed by atoms with Crippen LogP contribution in [0.15, 0.2) is 23.1 Å². The molecule has 0 spiro atoms. The smallest absolute Gasteiger partial charge is 0.260 e. The predicted octanol–water partition coefficient (Wildman–Crippen LogP) is 0.199. The van der Waals surface area contributed by atoms with Crippen LogP contribution in [0.2, 0.25) is 0 Å². The van der Waals surface area contributed by atoms with Crippen molar-refractivity contribution >= 4 is 5.91 Å². The third-order valence-electron chi connectivity index (χ3n) is 3.13. The lowest BCUT2D eigenvalue weighted by molar-refractivity contribution is 0.0735. The highest BCUT2D eigenvalue weighted by Gasteiger charge is 2.29. The maximum atomic E-state index is 12.2. The van der Waals surface area contributed by atoms with Crippen LogP contribution in [0.25, 0.3) is 0 Å². The Balaban J connectivity index is 2.20. The van der Waals surface area contributed by atoms with Gasteiger partial charge >= 0.3 is 0 Å². The van der Waals surface area contributed by atoms with Crippen molar-refractivity contribution in [3.8, 4) is 0 Å². The minimum absolute atomic E-state index is 0.162. The van der Waals surface area contributed by atoms with Gasteiger partial charge < -0.3 is 15.2 Å². The van der Waals surface area contributed by atoms with Gasteiger partial charge in [0.15, 0.2) is 0 Å². The first-order valence-corrected chi connectivity index (χ1v) is 5.87. The third kappa shape index (κ3) is 2.39. The Morgan fingerprint density at radius 3 is 3.18 bits per heavy atom. The first-order valence-electron chi connectivity index (χ1n) is 5.87. The van der Waals surface area contributed by atoms with Gasteiger partial charge in [-0.2, -0.15) is 0 Å². The molecule has 1 aromatic rings. The van der Waals surface area contributed by atoms with Crippen LogP contribution in [0.1, 0.15) is 23.2 Å². The molecule has 1 amide bonds. The van der Waals surface area contributed by atoms with Gasteiger partial charge in [0.1, 0.15) is 5.56 Å². The summed E-state index contributed by atoms with van der Waals surface area (Å²) in [4.78, 5) is 28.1. The summed E-state index contributed by atoms with van der Waals surface area (Å²) >= 11 is 0. The number of carbonyl (C=O) groups excluding carboxylic acids is 1. The lowest BCUT2D eigenvalue weighted by atomic mass is 10.2. The van der Waals surface area contributed by atoms with Gasteiger partial charge in [-0.3, -0.25) is 9.59 Å². The summed E-state index contributed by atoms with van der Waals surface area (Å²) in [5, 5.41) is 3.08. The van der Waals surface area contributed by atoms with E-state index in [1.165, 1.54) is 6.20 Å². The molecule has 1 aliphatic heterocycles. The highest BCUT2D eigenvalue weighted by atomic mass is 16.2. The van der Waals surface area contributed by atoms with Crippen molar-refractivity contribution < 1.29 is 4.79 Å². The molecule has 0 saturated carbocycles. The number of H-pyrrole nitrogens is 1. The second kappa shape index (κ2) is 5.14. The zero-order valence-corrected chi connectivity index (χ0v) is 9.90. The van der Waals surface area contributed by atoms with Crippen LogP contribution in [0.3, 0.4) is 0 Å². The molecule has 92 valence electrons. The molecule has 1 aromatic heterocycles. The quantitative estimate of drug-likeness (QED) is 0.786. The van der Waals surface area contributed by atoms with Crippen LogP contribution in [-0.2, 0) is 0 Å². The number of nitrogens with one attached hydrogen (secondary N) is 2. The van der Waals surface area contributed by atoms with Crippen LogP contribution >= 0.6 is 0 Å². The average Bonchev–Trinajstić information content (AvgIpc) is 2.78. The molecule has 0 bridgehead atoms. The van der Waals surface area contributed by atoms with Crippen LogP contribution < -0.4 is 10.9 Å². The largest absolute Gasteiger partial charge is 0.334 e. The molecule has 2 N–H and O–H groups in total. The number of hydrogen-bond donors (Lipinski definition) is 2. The normalized spacial score (nSPS) is 19.6. The van der Waals surface area contributed by atoms with Gasteiger partial charge in [0.2, 0.25) is 0 Å². The van der Waals surface area contributed by atoms with E-state index >= 15 is 0 Å². The minimum Gasteiger partial charge on any atom is -0.334 e. The molecule has 2 rings (SSSR count). The van der Waals surface area contributed by atoms with E-state index in [1.54, 1.807) is 17.0 Å². The average molecular weight is 235 g/mol. The van der Waals surface area contributed by atoms with E-state index in [0.29, 0.717) is 0 Å². The van der Waals surface area contributed by atoms with Gasteiger partial charge in [-0.15, -0.1) is 0 Å². The maximum absolute atomic E-state index is 12.2. The summed E-state index contributed by atoms with van der Waals surface area (Å²) in [6.07, 6.45) is 3.54. The molecule has 1 fully saturated rings. The first kappa shape index (κ1) is 11.9. The number of amides is 1. The monoisotopic (exact) mass is 235 g/mol. The number of carbonyl (C=O) groups is 1. The number of aromatic amines is 1. The fourth-order valence-corrected chi connectivity index (χ4v) is 2.30. The predicted molar refractivity (Wildman–Crippen MR) is 65.0 cm³/mol. The highest BCUT2D eigenvalue weighted by molar-refractivity contribution is 5.94. The summed E-state index contributed by atoms with van der Waals surface area (Å²) < 4.78 is 0. The van der Waals surface area contributed by atoms with Crippen LogP contribution in [0.5, 0.6) is 0 Å². The summed E-state index contributed by atoms with van der Waals surface area (Å²) in [5.74, 6) is -0.162. The van der Waals surface area contributed by atoms with E-state index < -0.39 is 0 Å². The molecule has 0 radical (unpaired) electrons. The van der Waals surface area contributed by atoms with Gasteiger partial charge in [0, 0.05) is 25.3 Å². The molecule has 1 atom stereocenters.